The molecule has 0 bridgehead atoms. The molecular formula is C6H11NO3. The van der Waals surface area contributed by atoms with Gasteiger partial charge in [0.1, 0.15) is 6.61 Å². The number of rotatable bonds is 3. The fourth-order valence-electron chi connectivity index (χ4n) is 0.372. The van der Waals surface area contributed by atoms with Crippen LogP contribution in [0.15, 0.2) is 11.8 Å². The molecule has 0 rings (SSSR count). The van der Waals surface area contributed by atoms with Gasteiger partial charge in [-0.05, 0) is 6.92 Å². The molecule has 0 heterocycles. The minimum absolute atomic E-state index is 0.0676. The van der Waals surface area contributed by atoms with Crippen LogP contribution >= 0.6 is 0 Å². The molecule has 58 valence electrons. The van der Waals surface area contributed by atoms with Crippen molar-refractivity contribution >= 4 is 5.97 Å². The van der Waals surface area contributed by atoms with Crippen molar-refractivity contribution in [2.24, 2.45) is 5.73 Å². The molecule has 0 amide bonds. The molecular weight excluding hydrogens is 134 g/mol. The summed E-state index contributed by atoms with van der Waals surface area (Å²) < 4.78 is 4.50. The number of aliphatic hydroxyl groups is 1. The molecule has 0 aliphatic rings. The van der Waals surface area contributed by atoms with Gasteiger partial charge in [-0.25, -0.2) is 4.79 Å². The van der Waals surface area contributed by atoms with E-state index in [1.54, 1.807) is 0 Å². The molecule has 0 aliphatic heterocycles. The van der Waals surface area contributed by atoms with Crippen LogP contribution in [0.4, 0.5) is 0 Å². The van der Waals surface area contributed by atoms with E-state index in [1.165, 1.54) is 6.92 Å². The normalized spacial score (nSPS) is 11.2. The number of hydrogen-bond donors (Lipinski definition) is 2. The number of carbonyl (C=O) groups is 1. The average Bonchev–Trinajstić information content (AvgIpc) is 1.82. The van der Waals surface area contributed by atoms with Crippen LogP contribution in [0.5, 0.6) is 0 Å². The third kappa shape index (κ3) is 5.11. The molecule has 0 aromatic rings. The van der Waals surface area contributed by atoms with Crippen molar-refractivity contribution in [3.8, 4) is 0 Å². The first kappa shape index (κ1) is 8.97. The SMILES string of the molecule is CC(O)=CC(=O)OCCN. The third-order valence-electron chi connectivity index (χ3n) is 0.689. The Morgan fingerprint density at radius 1 is 1.80 bits per heavy atom. The van der Waals surface area contributed by atoms with Gasteiger partial charge >= 0.3 is 5.97 Å². The van der Waals surface area contributed by atoms with Gasteiger partial charge in [-0.2, -0.15) is 0 Å². The summed E-state index contributed by atoms with van der Waals surface area (Å²) in [5, 5.41) is 8.55. The van der Waals surface area contributed by atoms with Crippen molar-refractivity contribution in [2.45, 2.75) is 6.92 Å². The Morgan fingerprint density at radius 3 is 2.80 bits per heavy atom. The van der Waals surface area contributed by atoms with E-state index < -0.39 is 5.97 Å². The Morgan fingerprint density at radius 2 is 2.40 bits per heavy atom. The molecule has 0 unspecified atom stereocenters. The van der Waals surface area contributed by atoms with Crippen LogP contribution in [0, 0.1) is 0 Å². The minimum atomic E-state index is -0.564. The number of hydrogen-bond acceptors (Lipinski definition) is 4. The fourth-order valence-corrected chi connectivity index (χ4v) is 0.372. The van der Waals surface area contributed by atoms with Gasteiger partial charge in [0.25, 0.3) is 0 Å². The van der Waals surface area contributed by atoms with E-state index in [1.807, 2.05) is 0 Å². The van der Waals surface area contributed by atoms with Crippen molar-refractivity contribution in [2.75, 3.05) is 13.2 Å². The number of carbonyl (C=O) groups excluding carboxylic acids is 1. The lowest BCUT2D eigenvalue weighted by Crippen LogP contribution is -2.11. The Balaban J connectivity index is 3.54. The zero-order chi connectivity index (χ0) is 7.98. The molecule has 4 nitrogen and oxygen atoms in total. The van der Waals surface area contributed by atoms with E-state index in [9.17, 15) is 4.79 Å². The van der Waals surface area contributed by atoms with E-state index in [2.05, 4.69) is 4.74 Å². The van der Waals surface area contributed by atoms with Crippen molar-refractivity contribution < 1.29 is 14.6 Å². The van der Waals surface area contributed by atoms with Gasteiger partial charge in [-0.15, -0.1) is 0 Å². The van der Waals surface area contributed by atoms with Crippen LogP contribution in [0.1, 0.15) is 6.92 Å². The second kappa shape index (κ2) is 4.81. The molecule has 0 aromatic heterocycles. The fraction of sp³-hybridized carbons (Fsp3) is 0.500. The number of ether oxygens (including phenoxy) is 1. The maximum atomic E-state index is 10.5. The van der Waals surface area contributed by atoms with Crippen LogP contribution in [0.25, 0.3) is 0 Å². The topological polar surface area (TPSA) is 72.5 Å². The standard InChI is InChI=1S/C6H11NO3/c1-5(8)4-6(9)10-3-2-7/h4,8H,2-3,7H2,1H3. The summed E-state index contributed by atoms with van der Waals surface area (Å²) in [5.74, 6) is -0.632. The van der Waals surface area contributed by atoms with Gasteiger partial charge in [0.15, 0.2) is 0 Å². The van der Waals surface area contributed by atoms with Gasteiger partial charge in [-0.1, -0.05) is 0 Å². The monoisotopic (exact) mass is 145 g/mol. The van der Waals surface area contributed by atoms with Crippen molar-refractivity contribution in [1.82, 2.24) is 0 Å². The molecule has 0 saturated heterocycles. The molecule has 0 atom stereocenters. The molecule has 0 saturated carbocycles. The first-order valence-corrected chi connectivity index (χ1v) is 2.91. The van der Waals surface area contributed by atoms with E-state index in [-0.39, 0.29) is 12.4 Å². The van der Waals surface area contributed by atoms with Crippen molar-refractivity contribution in [1.29, 1.82) is 0 Å². The predicted octanol–water partition coefficient (Wildman–Crippen LogP) is -0.0499. The molecule has 0 aromatic carbocycles. The lowest BCUT2D eigenvalue weighted by molar-refractivity contribution is -0.137. The number of nitrogens with two attached hydrogens (primary N) is 1. The van der Waals surface area contributed by atoms with Gasteiger partial charge in [0.2, 0.25) is 0 Å². The molecule has 10 heavy (non-hydrogen) atoms. The quantitative estimate of drug-likeness (QED) is 0.332. The maximum absolute atomic E-state index is 10.5. The first-order chi connectivity index (χ1) is 4.66. The van der Waals surface area contributed by atoms with Gasteiger partial charge in [-0.3, -0.25) is 0 Å². The number of esters is 1. The second-order valence-corrected chi connectivity index (χ2v) is 1.74. The van der Waals surface area contributed by atoms with Crippen LogP contribution in [-0.4, -0.2) is 24.2 Å². The molecule has 4 heteroatoms. The first-order valence-electron chi connectivity index (χ1n) is 2.91. The number of allylic oxidation sites excluding steroid dienone is 1. The zero-order valence-corrected chi connectivity index (χ0v) is 5.83. The van der Waals surface area contributed by atoms with Gasteiger partial charge < -0.3 is 15.6 Å². The maximum Gasteiger partial charge on any atom is 0.334 e. The molecule has 0 fully saturated rings. The largest absolute Gasteiger partial charge is 0.512 e. The van der Waals surface area contributed by atoms with E-state index in [0.29, 0.717) is 6.54 Å². The van der Waals surface area contributed by atoms with Crippen molar-refractivity contribution in [3.05, 3.63) is 11.8 Å². The van der Waals surface area contributed by atoms with Gasteiger partial charge in [0, 0.05) is 6.54 Å². The highest BCUT2D eigenvalue weighted by Gasteiger charge is 1.95. The van der Waals surface area contributed by atoms with Crippen molar-refractivity contribution in [3.63, 3.8) is 0 Å². The minimum Gasteiger partial charge on any atom is -0.512 e. The van der Waals surface area contributed by atoms with Crippen LogP contribution in [-0.2, 0) is 9.53 Å². The van der Waals surface area contributed by atoms with E-state index in [0.717, 1.165) is 6.08 Å². The highest BCUT2D eigenvalue weighted by molar-refractivity contribution is 5.82. The molecule has 0 radical (unpaired) electrons. The van der Waals surface area contributed by atoms with Crippen LogP contribution in [0.3, 0.4) is 0 Å². The molecule has 3 N–H and O–H groups in total. The van der Waals surface area contributed by atoms with E-state index >= 15 is 0 Å². The average molecular weight is 145 g/mol. The highest BCUT2D eigenvalue weighted by Crippen LogP contribution is 1.86. The summed E-state index contributed by atoms with van der Waals surface area (Å²) in [6.07, 6.45) is 0.996. The van der Waals surface area contributed by atoms with Crippen LogP contribution in [0.2, 0.25) is 0 Å². The summed E-state index contributed by atoms with van der Waals surface area (Å²) >= 11 is 0. The van der Waals surface area contributed by atoms with E-state index in [4.69, 9.17) is 10.8 Å². The zero-order valence-electron chi connectivity index (χ0n) is 5.83. The summed E-state index contributed by atoms with van der Waals surface area (Å²) in [6, 6.07) is 0. The lowest BCUT2D eigenvalue weighted by Gasteiger charge is -1.96. The Labute approximate surface area is 59.3 Å². The Hall–Kier alpha value is -1.03. The van der Waals surface area contributed by atoms with Gasteiger partial charge in [0.05, 0.1) is 11.8 Å². The summed E-state index contributed by atoms with van der Waals surface area (Å²) in [6.45, 7) is 1.87. The predicted molar refractivity (Wildman–Crippen MR) is 36.4 cm³/mol. The summed E-state index contributed by atoms with van der Waals surface area (Å²) in [5.41, 5.74) is 5.05. The Bertz CT molecular complexity index is 138. The van der Waals surface area contributed by atoms with Crippen LogP contribution < -0.4 is 5.73 Å². The Kier molecular flexibility index (Phi) is 4.32. The third-order valence-corrected chi connectivity index (χ3v) is 0.689. The summed E-state index contributed by atoms with van der Waals surface area (Å²) in [4.78, 5) is 10.5. The smallest absolute Gasteiger partial charge is 0.334 e. The molecule has 0 aliphatic carbocycles. The second-order valence-electron chi connectivity index (χ2n) is 1.74. The summed E-state index contributed by atoms with van der Waals surface area (Å²) in [7, 11) is 0. The number of aliphatic hydroxyl groups excluding tert-OH is 1. The lowest BCUT2D eigenvalue weighted by atomic mass is 10.5. The molecule has 0 spiro atoms. The highest BCUT2D eigenvalue weighted by atomic mass is 16.5.